The number of ether oxygens (including phenoxy) is 1. The van der Waals surface area contributed by atoms with Crippen LogP contribution in [0.25, 0.3) is 11.0 Å². The van der Waals surface area contributed by atoms with Crippen LogP contribution in [0.15, 0.2) is 42.5 Å². The van der Waals surface area contributed by atoms with E-state index in [1.54, 1.807) is 19.2 Å². The van der Waals surface area contributed by atoms with Gasteiger partial charge < -0.3 is 15.5 Å². The lowest BCUT2D eigenvalue weighted by atomic mass is 10.1. The van der Waals surface area contributed by atoms with E-state index in [9.17, 15) is 4.79 Å². The second kappa shape index (κ2) is 8.01. The number of benzene rings is 2. The van der Waals surface area contributed by atoms with E-state index in [-0.39, 0.29) is 11.9 Å². The van der Waals surface area contributed by atoms with Crippen molar-refractivity contribution in [1.82, 2.24) is 19.9 Å². The number of aromatic amines is 1. The lowest BCUT2D eigenvalue weighted by Crippen LogP contribution is -2.29. The Balaban J connectivity index is 1.31. The molecular weight excluding hydrogens is 412 g/mol. The van der Waals surface area contributed by atoms with Crippen molar-refractivity contribution in [2.45, 2.75) is 19.5 Å². The molecule has 0 atom stereocenters. The molecule has 0 bridgehead atoms. The smallest absolute Gasteiger partial charge is 0.259 e. The maximum atomic E-state index is 12.9. The van der Waals surface area contributed by atoms with Gasteiger partial charge in [0.25, 0.3) is 5.91 Å². The van der Waals surface area contributed by atoms with Crippen LogP contribution in [0.1, 0.15) is 26.5 Å². The van der Waals surface area contributed by atoms with Gasteiger partial charge in [-0.25, -0.2) is 9.97 Å². The first-order chi connectivity index (χ1) is 15.1. The SMILES string of the molecule is COc1ccccc1CN1CCc2nc(NC(=O)c3cccc4[nH]c(N)nc34)sc2C1. The topological polar surface area (TPSA) is 109 Å². The van der Waals surface area contributed by atoms with E-state index in [0.717, 1.165) is 48.6 Å². The highest BCUT2D eigenvalue weighted by molar-refractivity contribution is 7.15. The van der Waals surface area contributed by atoms with Gasteiger partial charge in [-0.15, -0.1) is 11.3 Å². The number of rotatable bonds is 5. The number of H-pyrrole nitrogens is 1. The van der Waals surface area contributed by atoms with E-state index in [1.165, 1.54) is 16.2 Å². The van der Waals surface area contributed by atoms with E-state index >= 15 is 0 Å². The summed E-state index contributed by atoms with van der Waals surface area (Å²) >= 11 is 1.52. The van der Waals surface area contributed by atoms with Crippen LogP contribution in [0.2, 0.25) is 0 Å². The fourth-order valence-corrected chi connectivity index (χ4v) is 4.96. The molecule has 0 aliphatic carbocycles. The minimum absolute atomic E-state index is 0.242. The highest BCUT2D eigenvalue weighted by Crippen LogP contribution is 2.30. The van der Waals surface area contributed by atoms with Gasteiger partial charge in [0, 0.05) is 36.5 Å². The number of nitrogens with zero attached hydrogens (tertiary/aromatic N) is 3. The van der Waals surface area contributed by atoms with Crippen LogP contribution in [0.5, 0.6) is 5.75 Å². The molecule has 0 saturated heterocycles. The summed E-state index contributed by atoms with van der Waals surface area (Å²) in [6.07, 6.45) is 0.850. The Labute approximate surface area is 183 Å². The van der Waals surface area contributed by atoms with E-state index in [1.807, 2.05) is 24.3 Å². The number of carbonyl (C=O) groups is 1. The first kappa shape index (κ1) is 19.5. The average molecular weight is 435 g/mol. The predicted octanol–water partition coefficient (Wildman–Crippen LogP) is 3.42. The zero-order chi connectivity index (χ0) is 21.4. The fraction of sp³-hybridized carbons (Fsp3) is 0.227. The van der Waals surface area contributed by atoms with E-state index in [0.29, 0.717) is 16.2 Å². The van der Waals surface area contributed by atoms with Gasteiger partial charge in [-0.1, -0.05) is 24.3 Å². The number of hydrogen-bond donors (Lipinski definition) is 3. The lowest BCUT2D eigenvalue weighted by Gasteiger charge is -2.26. The Morgan fingerprint density at radius 2 is 2.13 bits per heavy atom. The second-order valence-electron chi connectivity index (χ2n) is 7.44. The molecule has 3 heterocycles. The summed E-state index contributed by atoms with van der Waals surface area (Å²) < 4.78 is 5.48. The molecule has 158 valence electrons. The van der Waals surface area contributed by atoms with Gasteiger partial charge in [0.15, 0.2) is 11.1 Å². The number of para-hydroxylation sites is 2. The summed E-state index contributed by atoms with van der Waals surface area (Å²) in [7, 11) is 1.70. The summed E-state index contributed by atoms with van der Waals surface area (Å²) in [6, 6.07) is 13.5. The molecule has 2 aromatic carbocycles. The van der Waals surface area contributed by atoms with Crippen molar-refractivity contribution in [3.05, 3.63) is 64.2 Å². The number of nitrogens with one attached hydrogen (secondary N) is 2. The summed E-state index contributed by atoms with van der Waals surface area (Å²) in [5.41, 5.74) is 9.72. The molecule has 0 spiro atoms. The molecule has 4 N–H and O–H groups in total. The van der Waals surface area contributed by atoms with Crippen LogP contribution >= 0.6 is 11.3 Å². The average Bonchev–Trinajstić information content (AvgIpc) is 3.35. The molecule has 5 rings (SSSR count). The molecule has 31 heavy (non-hydrogen) atoms. The molecule has 2 aromatic heterocycles. The first-order valence-electron chi connectivity index (χ1n) is 9.99. The Kier molecular flexibility index (Phi) is 5.05. The number of nitrogen functional groups attached to an aromatic ring is 1. The Morgan fingerprint density at radius 1 is 1.26 bits per heavy atom. The third-order valence-electron chi connectivity index (χ3n) is 5.39. The highest BCUT2D eigenvalue weighted by atomic mass is 32.1. The molecule has 0 saturated carbocycles. The van der Waals surface area contributed by atoms with Crippen LogP contribution in [-0.2, 0) is 19.5 Å². The van der Waals surface area contributed by atoms with Crippen LogP contribution in [0, 0.1) is 0 Å². The van der Waals surface area contributed by atoms with E-state index in [4.69, 9.17) is 10.5 Å². The standard InChI is InChI=1S/C22H22N6O2S/c1-30-17-8-3-2-5-13(17)11-28-10-9-15-18(12-28)31-22(25-15)27-20(29)14-6-4-7-16-19(14)26-21(23)24-16/h2-8H,9-12H2,1H3,(H3,23,24,26)(H,25,27,29). The quantitative estimate of drug-likeness (QED) is 0.444. The van der Waals surface area contributed by atoms with Crippen molar-refractivity contribution >= 4 is 39.4 Å². The van der Waals surface area contributed by atoms with Gasteiger partial charge >= 0.3 is 0 Å². The molecule has 0 fully saturated rings. The Hall–Kier alpha value is -3.43. The third kappa shape index (κ3) is 3.85. The molecule has 4 aromatic rings. The fourth-order valence-electron chi connectivity index (χ4n) is 3.91. The number of anilines is 2. The van der Waals surface area contributed by atoms with E-state index in [2.05, 4.69) is 31.2 Å². The zero-order valence-corrected chi connectivity index (χ0v) is 17.8. The van der Waals surface area contributed by atoms with Gasteiger partial charge in [0.2, 0.25) is 0 Å². The summed E-state index contributed by atoms with van der Waals surface area (Å²) in [5.74, 6) is 0.947. The van der Waals surface area contributed by atoms with Crippen LogP contribution in [0.3, 0.4) is 0 Å². The molecule has 0 unspecified atom stereocenters. The molecule has 1 amide bonds. The van der Waals surface area contributed by atoms with Crippen molar-refractivity contribution in [3.8, 4) is 5.75 Å². The van der Waals surface area contributed by atoms with Crippen molar-refractivity contribution < 1.29 is 9.53 Å². The monoisotopic (exact) mass is 434 g/mol. The van der Waals surface area contributed by atoms with Crippen molar-refractivity contribution in [2.24, 2.45) is 0 Å². The molecular formula is C22H22N6O2S. The largest absolute Gasteiger partial charge is 0.496 e. The Morgan fingerprint density at radius 3 is 3.00 bits per heavy atom. The van der Waals surface area contributed by atoms with Gasteiger partial charge in [0.05, 0.1) is 23.9 Å². The van der Waals surface area contributed by atoms with Gasteiger partial charge in [0.1, 0.15) is 11.3 Å². The molecule has 1 aliphatic heterocycles. The number of fused-ring (bicyclic) bond motifs is 2. The maximum absolute atomic E-state index is 12.9. The van der Waals surface area contributed by atoms with Gasteiger partial charge in [-0.05, 0) is 18.2 Å². The number of aromatic nitrogens is 3. The molecule has 1 aliphatic rings. The van der Waals surface area contributed by atoms with Crippen LogP contribution < -0.4 is 15.8 Å². The lowest BCUT2D eigenvalue weighted by molar-refractivity contribution is 0.102. The minimum Gasteiger partial charge on any atom is -0.496 e. The Bertz CT molecular complexity index is 1260. The number of carbonyl (C=O) groups excluding carboxylic acids is 1. The summed E-state index contributed by atoms with van der Waals surface area (Å²) in [5, 5.41) is 3.54. The normalized spacial score (nSPS) is 13.8. The zero-order valence-electron chi connectivity index (χ0n) is 17.0. The van der Waals surface area contributed by atoms with Crippen molar-refractivity contribution in [2.75, 3.05) is 24.7 Å². The number of methoxy groups -OCH3 is 1. The van der Waals surface area contributed by atoms with Gasteiger partial charge in [-0.2, -0.15) is 0 Å². The second-order valence-corrected chi connectivity index (χ2v) is 8.52. The maximum Gasteiger partial charge on any atom is 0.259 e. The minimum atomic E-state index is -0.242. The molecule has 0 radical (unpaired) electrons. The predicted molar refractivity (Wildman–Crippen MR) is 121 cm³/mol. The number of hydrogen-bond acceptors (Lipinski definition) is 7. The van der Waals surface area contributed by atoms with Crippen LogP contribution in [-0.4, -0.2) is 39.4 Å². The van der Waals surface area contributed by atoms with Crippen molar-refractivity contribution in [1.29, 1.82) is 0 Å². The number of thiazole rings is 1. The first-order valence-corrected chi connectivity index (χ1v) is 10.8. The van der Waals surface area contributed by atoms with Gasteiger partial charge in [-0.3, -0.25) is 15.0 Å². The van der Waals surface area contributed by atoms with Crippen molar-refractivity contribution in [3.63, 3.8) is 0 Å². The third-order valence-corrected chi connectivity index (χ3v) is 6.39. The van der Waals surface area contributed by atoms with Crippen LogP contribution in [0.4, 0.5) is 11.1 Å². The molecule has 8 nitrogen and oxygen atoms in total. The number of nitrogens with two attached hydrogens (primary N) is 1. The summed E-state index contributed by atoms with van der Waals surface area (Å²) in [6.45, 7) is 2.52. The highest BCUT2D eigenvalue weighted by Gasteiger charge is 2.23. The number of amides is 1. The van der Waals surface area contributed by atoms with E-state index < -0.39 is 0 Å². The summed E-state index contributed by atoms with van der Waals surface area (Å²) in [4.78, 5) is 28.3. The number of imidazole rings is 1. The molecule has 9 heteroatoms.